The molecule has 7 atom stereocenters. The van der Waals surface area contributed by atoms with Crippen molar-refractivity contribution in [3.63, 3.8) is 0 Å². The minimum absolute atomic E-state index is 0.611. The molecule has 7 aliphatic rings. The highest BCUT2D eigenvalue weighted by Crippen LogP contribution is 2.72. The van der Waals surface area contributed by atoms with Crippen molar-refractivity contribution < 1.29 is 0 Å². The van der Waals surface area contributed by atoms with Gasteiger partial charge >= 0.3 is 0 Å². The van der Waals surface area contributed by atoms with E-state index >= 15 is 0 Å². The summed E-state index contributed by atoms with van der Waals surface area (Å²) in [6, 6.07) is 2.48. The molecule has 0 aromatic rings. The predicted molar refractivity (Wildman–Crippen MR) is 115 cm³/mol. The van der Waals surface area contributed by atoms with Gasteiger partial charge < -0.3 is 16.0 Å². The maximum Gasteiger partial charge on any atom is 0.00725 e. The van der Waals surface area contributed by atoms with Gasteiger partial charge in [-0.1, -0.05) is 12.8 Å². The molecule has 3 N–H and O–H groups in total. The molecular weight excluding hydrogens is 342 g/mol. The summed E-state index contributed by atoms with van der Waals surface area (Å²) in [5.74, 6) is 0.942. The van der Waals surface area contributed by atoms with E-state index in [-0.39, 0.29) is 0 Å². The van der Waals surface area contributed by atoms with Gasteiger partial charge in [-0.05, 0) is 125 Å². The molecule has 7 unspecified atom stereocenters. The lowest BCUT2D eigenvalue weighted by Crippen LogP contribution is -2.64. The van der Waals surface area contributed by atoms with Gasteiger partial charge in [0.05, 0.1) is 0 Å². The van der Waals surface area contributed by atoms with Crippen molar-refractivity contribution in [2.24, 2.45) is 22.2 Å². The van der Waals surface area contributed by atoms with Crippen molar-refractivity contribution in [1.29, 1.82) is 0 Å². The van der Waals surface area contributed by atoms with Gasteiger partial charge in [0.1, 0.15) is 0 Å². The molecular formula is C25H43N3. The molecule has 0 amide bonds. The monoisotopic (exact) mass is 385 g/mol. The van der Waals surface area contributed by atoms with Crippen molar-refractivity contribution in [3.8, 4) is 0 Å². The molecule has 28 heavy (non-hydrogen) atoms. The zero-order chi connectivity index (χ0) is 18.7. The molecule has 3 heteroatoms. The van der Waals surface area contributed by atoms with E-state index in [2.05, 4.69) is 16.0 Å². The van der Waals surface area contributed by atoms with E-state index in [0.29, 0.717) is 16.2 Å². The van der Waals surface area contributed by atoms with Gasteiger partial charge in [-0.2, -0.15) is 0 Å². The fourth-order valence-electron chi connectivity index (χ4n) is 10.1. The number of fused-ring (bicyclic) bond motifs is 11. The van der Waals surface area contributed by atoms with E-state index in [0.717, 1.165) is 24.0 Å². The first-order chi connectivity index (χ1) is 13.8. The Morgan fingerprint density at radius 1 is 0.536 bits per heavy atom. The largest absolute Gasteiger partial charge is 0.314 e. The molecule has 3 aliphatic carbocycles. The third kappa shape index (κ3) is 2.57. The zero-order valence-electron chi connectivity index (χ0n) is 18.0. The molecule has 7 rings (SSSR count). The van der Waals surface area contributed by atoms with Crippen LogP contribution in [0.2, 0.25) is 0 Å². The first-order valence-electron chi connectivity index (χ1n) is 13.0. The molecule has 0 aromatic heterocycles. The first-order valence-corrected chi connectivity index (χ1v) is 13.0. The Labute approximate surface area is 172 Å². The fourth-order valence-corrected chi connectivity index (χ4v) is 10.1. The van der Waals surface area contributed by atoms with Crippen LogP contribution in [0.3, 0.4) is 0 Å². The van der Waals surface area contributed by atoms with Crippen LogP contribution in [-0.2, 0) is 0 Å². The van der Waals surface area contributed by atoms with Gasteiger partial charge in [-0.3, -0.25) is 0 Å². The van der Waals surface area contributed by atoms with Crippen LogP contribution >= 0.6 is 0 Å². The second-order valence-corrected chi connectivity index (χ2v) is 11.8. The maximum absolute atomic E-state index is 4.04. The molecule has 4 heterocycles. The van der Waals surface area contributed by atoms with Crippen LogP contribution in [0.25, 0.3) is 0 Å². The number of hydrogen-bond acceptors (Lipinski definition) is 3. The maximum atomic E-state index is 4.04. The summed E-state index contributed by atoms with van der Waals surface area (Å²) in [6.07, 6.45) is 22.4. The standard InChI is InChI=1S/C25H43N3/c1-3-20-7-11-23(9-1,13-15-26-20)25(12-8-21-6-5-19(25)18-28-21)24-10-2-4-22(17-24)27-16-14-24/h19-22,26-28H,1-18H2. The van der Waals surface area contributed by atoms with Crippen molar-refractivity contribution in [3.05, 3.63) is 0 Å². The molecule has 158 valence electrons. The number of hydrogen-bond donors (Lipinski definition) is 3. The van der Waals surface area contributed by atoms with Crippen LogP contribution in [0.15, 0.2) is 0 Å². The Balaban J connectivity index is 1.51. The Bertz CT molecular complexity index is 560. The molecule has 3 saturated carbocycles. The quantitative estimate of drug-likeness (QED) is 0.660. The van der Waals surface area contributed by atoms with E-state index in [1.807, 2.05) is 0 Å². The lowest BCUT2D eigenvalue weighted by atomic mass is 9.38. The summed E-state index contributed by atoms with van der Waals surface area (Å²) in [6.45, 7) is 3.93. The minimum atomic E-state index is 0.611. The van der Waals surface area contributed by atoms with Crippen molar-refractivity contribution in [2.45, 2.75) is 114 Å². The smallest absolute Gasteiger partial charge is 0.00725 e. The molecule has 0 aromatic carbocycles. The van der Waals surface area contributed by atoms with Crippen LogP contribution in [0, 0.1) is 22.2 Å². The Morgan fingerprint density at radius 2 is 1.25 bits per heavy atom. The summed E-state index contributed by atoms with van der Waals surface area (Å²) in [4.78, 5) is 0. The normalized spacial score (nSPS) is 54.0. The van der Waals surface area contributed by atoms with E-state index in [1.165, 1.54) is 96.7 Å². The minimum Gasteiger partial charge on any atom is -0.314 e. The van der Waals surface area contributed by atoms with Gasteiger partial charge in [0, 0.05) is 18.1 Å². The Hall–Kier alpha value is -0.120. The summed E-state index contributed by atoms with van der Waals surface area (Å²) in [5, 5.41) is 12.0. The highest BCUT2D eigenvalue weighted by Gasteiger charge is 2.66. The zero-order valence-corrected chi connectivity index (χ0v) is 18.0. The number of nitrogens with one attached hydrogen (secondary N) is 3. The van der Waals surface area contributed by atoms with E-state index < -0.39 is 0 Å². The van der Waals surface area contributed by atoms with Crippen LogP contribution in [-0.4, -0.2) is 37.8 Å². The molecule has 4 aliphatic heterocycles. The van der Waals surface area contributed by atoms with E-state index in [1.54, 1.807) is 19.3 Å². The summed E-state index contributed by atoms with van der Waals surface area (Å²) >= 11 is 0. The molecule has 3 nitrogen and oxygen atoms in total. The molecule has 0 radical (unpaired) electrons. The summed E-state index contributed by atoms with van der Waals surface area (Å²) < 4.78 is 0. The molecule has 4 saturated heterocycles. The molecule has 6 bridgehead atoms. The Kier molecular flexibility index (Phi) is 4.63. The average molecular weight is 386 g/mol. The van der Waals surface area contributed by atoms with Crippen LogP contribution in [0.1, 0.15) is 96.3 Å². The van der Waals surface area contributed by atoms with Crippen molar-refractivity contribution in [2.75, 3.05) is 19.6 Å². The predicted octanol–water partition coefficient (Wildman–Crippen LogP) is 4.37. The molecule has 7 fully saturated rings. The average Bonchev–Trinajstić information content (AvgIpc) is 3.18. The van der Waals surface area contributed by atoms with Crippen LogP contribution < -0.4 is 16.0 Å². The fraction of sp³-hybridized carbons (Fsp3) is 1.00. The second kappa shape index (κ2) is 6.95. The second-order valence-electron chi connectivity index (χ2n) is 11.8. The highest BCUT2D eigenvalue weighted by atomic mass is 15.0. The SMILES string of the molecule is C1CC2CCC(C3(C45CCCC(C4)NCC5)CCC4CCC3CN4)(C1)CCN2. The van der Waals surface area contributed by atoms with Crippen LogP contribution in [0.5, 0.6) is 0 Å². The Morgan fingerprint density at radius 3 is 2.11 bits per heavy atom. The number of piperidine rings is 2. The number of rotatable bonds is 2. The lowest BCUT2D eigenvalue weighted by molar-refractivity contribution is -0.177. The lowest BCUT2D eigenvalue weighted by Gasteiger charge is -2.67. The summed E-state index contributed by atoms with van der Waals surface area (Å²) in [5.41, 5.74) is 1.87. The third-order valence-electron chi connectivity index (χ3n) is 11.1. The van der Waals surface area contributed by atoms with Crippen LogP contribution in [0.4, 0.5) is 0 Å². The van der Waals surface area contributed by atoms with Gasteiger partial charge in [-0.15, -0.1) is 0 Å². The highest BCUT2D eigenvalue weighted by molar-refractivity contribution is 5.17. The molecule has 0 spiro atoms. The first kappa shape index (κ1) is 18.6. The van der Waals surface area contributed by atoms with Gasteiger partial charge in [0.15, 0.2) is 0 Å². The van der Waals surface area contributed by atoms with Crippen molar-refractivity contribution in [1.82, 2.24) is 16.0 Å². The third-order valence-corrected chi connectivity index (χ3v) is 11.1. The van der Waals surface area contributed by atoms with Gasteiger partial charge in [0.25, 0.3) is 0 Å². The topological polar surface area (TPSA) is 36.1 Å². The van der Waals surface area contributed by atoms with E-state index in [9.17, 15) is 0 Å². The van der Waals surface area contributed by atoms with Crippen molar-refractivity contribution >= 4 is 0 Å². The van der Waals surface area contributed by atoms with Gasteiger partial charge in [0.2, 0.25) is 0 Å². The van der Waals surface area contributed by atoms with E-state index in [4.69, 9.17) is 0 Å². The van der Waals surface area contributed by atoms with Gasteiger partial charge in [-0.25, -0.2) is 0 Å². The summed E-state index contributed by atoms with van der Waals surface area (Å²) in [7, 11) is 0.